The first-order valence-corrected chi connectivity index (χ1v) is 16.8. The first kappa shape index (κ1) is 35.8. The van der Waals surface area contributed by atoms with E-state index < -0.39 is 17.7 Å². The van der Waals surface area contributed by atoms with Crippen LogP contribution in [0.25, 0.3) is 27.9 Å². The minimum Gasteiger partial charge on any atom is -0.490 e. The van der Waals surface area contributed by atoms with Crippen LogP contribution >= 0.6 is 0 Å². The molecule has 0 saturated carbocycles. The molecule has 1 aliphatic heterocycles. The van der Waals surface area contributed by atoms with Crippen molar-refractivity contribution in [2.75, 3.05) is 24.6 Å². The number of pyridine rings is 1. The van der Waals surface area contributed by atoms with Crippen molar-refractivity contribution in [3.63, 3.8) is 0 Å². The van der Waals surface area contributed by atoms with Crippen LogP contribution in [0.2, 0.25) is 0 Å². The van der Waals surface area contributed by atoms with Crippen LogP contribution in [0, 0.1) is 12.7 Å². The molecule has 1 N–H and O–H groups in total. The number of aryl methyl sites for hydroxylation is 1. The van der Waals surface area contributed by atoms with Crippen molar-refractivity contribution < 1.29 is 28.5 Å². The summed E-state index contributed by atoms with van der Waals surface area (Å²) in [4.78, 5) is 15.1. The Labute approximate surface area is 288 Å². The molecule has 2 aromatic heterocycles. The fraction of sp³-hybridized carbons (Fsp3) is 0.400. The van der Waals surface area contributed by atoms with Gasteiger partial charge in [-0.05, 0) is 95.8 Å². The number of carboxylic acid groups (broad SMARTS) is 1. The first-order chi connectivity index (χ1) is 23.2. The summed E-state index contributed by atoms with van der Waals surface area (Å²) in [5, 5.41) is 15.5. The van der Waals surface area contributed by atoms with Gasteiger partial charge in [-0.3, -0.25) is 0 Å². The molecule has 2 aromatic carbocycles. The second kappa shape index (κ2) is 14.6. The molecule has 1 saturated heterocycles. The van der Waals surface area contributed by atoms with Gasteiger partial charge in [0.2, 0.25) is 0 Å². The van der Waals surface area contributed by atoms with Gasteiger partial charge in [-0.25, -0.2) is 13.7 Å². The van der Waals surface area contributed by atoms with Crippen molar-refractivity contribution >= 4 is 17.2 Å². The standard InChI is InChI=1S/C40H48FN3O5/c1-9-12-27(4)48-34-16-15-30(41)23-31(34)28-13-11-14-29(22-28)32-24-33-36(43-19-17-40(8,18-20-43)47-21-10-2)35(26(3)25-44(33)42-32)37(38(45)46)49-39(5,6)7/h9-11,13-16,22-25,27,37H,1-2,12,17-21H2,3-8H3,(H,45,46)/t27-,37?/m0/s1. The second-order valence-electron chi connectivity index (χ2n) is 14.1. The lowest BCUT2D eigenvalue weighted by atomic mass is 9.91. The maximum absolute atomic E-state index is 14.6. The quantitative estimate of drug-likeness (QED) is 0.142. The number of ether oxygens (including phenoxy) is 3. The number of carbonyl (C=O) groups is 1. The highest BCUT2D eigenvalue weighted by molar-refractivity contribution is 5.87. The molecule has 260 valence electrons. The molecule has 2 atom stereocenters. The average Bonchev–Trinajstić information content (AvgIpc) is 3.47. The molecule has 9 heteroatoms. The number of rotatable bonds is 13. The van der Waals surface area contributed by atoms with Crippen molar-refractivity contribution in [1.82, 2.24) is 9.61 Å². The number of piperidine rings is 1. The lowest BCUT2D eigenvalue weighted by molar-refractivity contribution is -0.160. The molecule has 1 aliphatic rings. The summed E-state index contributed by atoms with van der Waals surface area (Å²) in [6.07, 6.45) is 6.27. The summed E-state index contributed by atoms with van der Waals surface area (Å²) in [5.74, 6) is -0.830. The first-order valence-electron chi connectivity index (χ1n) is 16.8. The van der Waals surface area contributed by atoms with E-state index in [1.165, 1.54) is 12.1 Å². The zero-order chi connectivity index (χ0) is 35.5. The molecule has 1 unspecified atom stereocenters. The summed E-state index contributed by atoms with van der Waals surface area (Å²) in [5.41, 5.74) is 4.85. The zero-order valence-electron chi connectivity index (χ0n) is 29.5. The maximum Gasteiger partial charge on any atom is 0.337 e. The van der Waals surface area contributed by atoms with E-state index in [1.54, 1.807) is 18.2 Å². The van der Waals surface area contributed by atoms with E-state index in [0.717, 1.165) is 40.7 Å². The molecule has 0 bridgehead atoms. The number of nitrogens with zero attached hydrogens (tertiary/aromatic N) is 3. The van der Waals surface area contributed by atoms with Gasteiger partial charge >= 0.3 is 5.97 Å². The average molecular weight is 670 g/mol. The van der Waals surface area contributed by atoms with Crippen molar-refractivity contribution in [3.8, 4) is 28.1 Å². The van der Waals surface area contributed by atoms with Gasteiger partial charge in [-0.2, -0.15) is 5.10 Å². The Morgan fingerprint density at radius 2 is 1.82 bits per heavy atom. The van der Waals surface area contributed by atoms with Crippen LogP contribution in [0.1, 0.15) is 71.1 Å². The van der Waals surface area contributed by atoms with Crippen molar-refractivity contribution in [2.24, 2.45) is 0 Å². The third kappa shape index (κ3) is 8.23. The Bertz CT molecular complexity index is 1830. The Balaban J connectivity index is 1.63. The molecule has 1 fully saturated rings. The number of aromatic nitrogens is 2. The molecule has 4 aromatic rings. The molecule has 0 spiro atoms. The number of benzene rings is 2. The molecule has 0 radical (unpaired) electrons. The Morgan fingerprint density at radius 1 is 1.10 bits per heavy atom. The molecule has 49 heavy (non-hydrogen) atoms. The van der Waals surface area contributed by atoms with Gasteiger partial charge in [-0.1, -0.05) is 30.4 Å². The fourth-order valence-corrected chi connectivity index (χ4v) is 6.42. The van der Waals surface area contributed by atoms with E-state index in [2.05, 4.69) is 25.0 Å². The number of anilines is 1. The molecule has 0 aliphatic carbocycles. The Hall–Kier alpha value is -4.47. The van der Waals surface area contributed by atoms with Gasteiger partial charge in [0.15, 0.2) is 6.10 Å². The lowest BCUT2D eigenvalue weighted by Gasteiger charge is -2.41. The molecule has 5 rings (SSSR count). The molecule has 0 amide bonds. The third-order valence-corrected chi connectivity index (χ3v) is 8.86. The summed E-state index contributed by atoms with van der Waals surface area (Å²) >= 11 is 0. The van der Waals surface area contributed by atoms with Gasteiger partial charge in [-0.15, -0.1) is 13.2 Å². The normalized spacial score (nSPS) is 15.9. The van der Waals surface area contributed by atoms with Gasteiger partial charge in [0.05, 0.1) is 40.8 Å². The Kier molecular flexibility index (Phi) is 10.6. The van der Waals surface area contributed by atoms with Crippen LogP contribution in [-0.4, -0.2) is 57.7 Å². The van der Waals surface area contributed by atoms with Crippen molar-refractivity contribution in [1.29, 1.82) is 0 Å². The zero-order valence-corrected chi connectivity index (χ0v) is 29.5. The van der Waals surface area contributed by atoms with Gasteiger partial charge in [0.1, 0.15) is 11.6 Å². The molecule has 8 nitrogen and oxygen atoms in total. The largest absolute Gasteiger partial charge is 0.490 e. The third-order valence-electron chi connectivity index (χ3n) is 8.86. The highest BCUT2D eigenvalue weighted by atomic mass is 19.1. The number of hydrogen-bond donors (Lipinski definition) is 1. The van der Waals surface area contributed by atoms with E-state index in [9.17, 15) is 14.3 Å². The Morgan fingerprint density at radius 3 is 2.47 bits per heavy atom. The summed E-state index contributed by atoms with van der Waals surface area (Å²) in [6, 6.07) is 14.3. The van der Waals surface area contributed by atoms with Gasteiger partial charge in [0.25, 0.3) is 0 Å². The van der Waals surface area contributed by atoms with Gasteiger partial charge in [0, 0.05) is 42.4 Å². The van der Waals surface area contributed by atoms with Gasteiger partial charge < -0.3 is 24.2 Å². The maximum atomic E-state index is 14.6. The SMILES string of the molecule is C=CCOC1(C)CCN(c2c(C(OC(C)(C)C)C(=O)O)c(C)cn3nc(-c4cccc(-c5cc(F)ccc5O[C@@H](C)CC=C)c4)cc23)CC1. The van der Waals surface area contributed by atoms with Crippen LogP contribution < -0.4 is 9.64 Å². The number of fused-ring (bicyclic) bond motifs is 1. The minimum atomic E-state index is -1.19. The topological polar surface area (TPSA) is 85.5 Å². The highest BCUT2D eigenvalue weighted by Crippen LogP contribution is 2.42. The number of carboxylic acids is 1. The predicted molar refractivity (Wildman–Crippen MR) is 193 cm³/mol. The van der Waals surface area contributed by atoms with E-state index in [0.29, 0.717) is 48.7 Å². The van der Waals surface area contributed by atoms with E-state index in [-0.39, 0.29) is 17.5 Å². The number of aliphatic carboxylic acids is 1. The molecular weight excluding hydrogens is 621 g/mol. The van der Waals surface area contributed by atoms with E-state index in [1.807, 2.05) is 75.7 Å². The number of halogens is 1. The summed E-state index contributed by atoms with van der Waals surface area (Å²) in [6.45, 7) is 20.9. The monoisotopic (exact) mass is 669 g/mol. The number of hydrogen-bond acceptors (Lipinski definition) is 6. The summed E-state index contributed by atoms with van der Waals surface area (Å²) in [7, 11) is 0. The van der Waals surface area contributed by atoms with Crippen LogP contribution in [0.4, 0.5) is 10.1 Å². The minimum absolute atomic E-state index is 0.128. The lowest BCUT2D eigenvalue weighted by Crippen LogP contribution is -2.45. The van der Waals surface area contributed by atoms with Crippen molar-refractivity contribution in [3.05, 3.63) is 97.0 Å². The van der Waals surface area contributed by atoms with Crippen LogP contribution in [0.3, 0.4) is 0 Å². The van der Waals surface area contributed by atoms with E-state index >= 15 is 0 Å². The molecular formula is C40H48FN3O5. The van der Waals surface area contributed by atoms with E-state index in [4.69, 9.17) is 19.3 Å². The summed E-state index contributed by atoms with van der Waals surface area (Å²) < 4.78 is 34.9. The van der Waals surface area contributed by atoms with Crippen molar-refractivity contribution in [2.45, 2.75) is 84.2 Å². The highest BCUT2D eigenvalue weighted by Gasteiger charge is 2.37. The smallest absolute Gasteiger partial charge is 0.337 e. The molecule has 3 heterocycles. The van der Waals surface area contributed by atoms with Crippen LogP contribution in [0.5, 0.6) is 5.75 Å². The van der Waals surface area contributed by atoms with Crippen LogP contribution in [0.15, 0.2) is 80.0 Å². The fourth-order valence-electron chi connectivity index (χ4n) is 6.42. The van der Waals surface area contributed by atoms with Crippen LogP contribution in [-0.2, 0) is 14.3 Å². The second-order valence-corrected chi connectivity index (χ2v) is 14.1. The predicted octanol–water partition coefficient (Wildman–Crippen LogP) is 8.96.